The first-order chi connectivity index (χ1) is 9.98. The van der Waals surface area contributed by atoms with E-state index in [1.807, 2.05) is 0 Å². The number of carbonyl (C=O) groups is 1. The van der Waals surface area contributed by atoms with E-state index in [1.165, 1.54) is 18.5 Å². The number of benzene rings is 1. The maximum atomic E-state index is 12.1. The standard InChI is InChI=1S/C13H16N4O3S/c1-21(19,20)12-6-3-2-5-11(12)13(18)15-7-4-8-17-10-14-9-16-17/h2-3,5-6,9-10H,4,7-8H2,1H3,(H,15,18). The predicted octanol–water partition coefficient (Wildman–Crippen LogP) is 0.502. The minimum atomic E-state index is -3.43. The highest BCUT2D eigenvalue weighted by atomic mass is 32.2. The van der Waals surface area contributed by atoms with Gasteiger partial charge in [-0.2, -0.15) is 5.10 Å². The van der Waals surface area contributed by atoms with Crippen LogP contribution >= 0.6 is 0 Å². The summed E-state index contributed by atoms with van der Waals surface area (Å²) in [6.07, 6.45) is 4.81. The summed E-state index contributed by atoms with van der Waals surface area (Å²) in [7, 11) is -3.43. The highest BCUT2D eigenvalue weighted by Crippen LogP contribution is 2.14. The van der Waals surface area contributed by atoms with E-state index >= 15 is 0 Å². The Hall–Kier alpha value is -2.22. The molecule has 0 fully saturated rings. The summed E-state index contributed by atoms with van der Waals surface area (Å²) in [6.45, 7) is 1.06. The lowest BCUT2D eigenvalue weighted by Gasteiger charge is -2.08. The second-order valence-electron chi connectivity index (χ2n) is 4.54. The van der Waals surface area contributed by atoms with E-state index in [4.69, 9.17) is 0 Å². The lowest BCUT2D eigenvalue weighted by molar-refractivity contribution is 0.0949. The molecule has 1 aromatic heterocycles. The topological polar surface area (TPSA) is 94.0 Å². The van der Waals surface area contributed by atoms with Gasteiger partial charge in [-0.25, -0.2) is 13.4 Å². The van der Waals surface area contributed by atoms with Gasteiger partial charge >= 0.3 is 0 Å². The first-order valence-corrected chi connectivity index (χ1v) is 8.27. The molecule has 1 aromatic carbocycles. The normalized spacial score (nSPS) is 11.3. The van der Waals surface area contributed by atoms with Gasteiger partial charge < -0.3 is 5.32 Å². The van der Waals surface area contributed by atoms with Gasteiger partial charge in [0.2, 0.25) is 0 Å². The van der Waals surface area contributed by atoms with Crippen molar-refractivity contribution < 1.29 is 13.2 Å². The highest BCUT2D eigenvalue weighted by Gasteiger charge is 2.17. The molecule has 0 aliphatic carbocycles. The average Bonchev–Trinajstić information content (AvgIpc) is 2.95. The van der Waals surface area contributed by atoms with E-state index in [0.29, 0.717) is 19.5 Å². The number of rotatable bonds is 6. The van der Waals surface area contributed by atoms with E-state index in [9.17, 15) is 13.2 Å². The van der Waals surface area contributed by atoms with Crippen molar-refractivity contribution in [2.45, 2.75) is 17.9 Å². The smallest absolute Gasteiger partial charge is 0.252 e. The fourth-order valence-electron chi connectivity index (χ4n) is 1.86. The Bertz CT molecular complexity index is 711. The Morgan fingerprint density at radius 3 is 2.76 bits per heavy atom. The second-order valence-corrected chi connectivity index (χ2v) is 6.52. The van der Waals surface area contributed by atoms with Crippen LogP contribution in [0, 0.1) is 0 Å². The summed E-state index contributed by atoms with van der Waals surface area (Å²) in [5.74, 6) is -0.394. The molecule has 0 atom stereocenters. The third-order valence-corrected chi connectivity index (χ3v) is 4.00. The molecular formula is C13H16N4O3S. The number of nitrogens with one attached hydrogen (secondary N) is 1. The van der Waals surface area contributed by atoms with Gasteiger partial charge in [0.05, 0.1) is 10.5 Å². The number of carbonyl (C=O) groups excluding carboxylic acids is 1. The Morgan fingerprint density at radius 2 is 2.10 bits per heavy atom. The van der Waals surface area contributed by atoms with Crippen LogP contribution in [0.3, 0.4) is 0 Å². The molecule has 0 saturated heterocycles. The molecule has 2 rings (SSSR count). The van der Waals surface area contributed by atoms with Crippen molar-refractivity contribution in [2.24, 2.45) is 0 Å². The minimum absolute atomic E-state index is 0.0405. The lowest BCUT2D eigenvalue weighted by Crippen LogP contribution is -2.26. The van der Waals surface area contributed by atoms with E-state index in [2.05, 4.69) is 15.4 Å². The Labute approximate surface area is 122 Å². The molecular weight excluding hydrogens is 292 g/mol. The SMILES string of the molecule is CS(=O)(=O)c1ccccc1C(=O)NCCCn1cncn1. The monoisotopic (exact) mass is 308 g/mol. The summed E-state index contributed by atoms with van der Waals surface area (Å²) in [6, 6.07) is 6.17. The number of hydrogen-bond donors (Lipinski definition) is 1. The number of amides is 1. The molecule has 1 heterocycles. The zero-order valence-corrected chi connectivity index (χ0v) is 12.4. The Balaban J connectivity index is 1.95. The van der Waals surface area contributed by atoms with Gasteiger partial charge in [-0.1, -0.05) is 12.1 Å². The molecule has 0 bridgehead atoms. The molecule has 0 radical (unpaired) electrons. The van der Waals surface area contributed by atoms with E-state index in [-0.39, 0.29) is 10.5 Å². The molecule has 7 nitrogen and oxygen atoms in total. The summed E-state index contributed by atoms with van der Waals surface area (Å²) in [5.41, 5.74) is 0.167. The van der Waals surface area contributed by atoms with Crippen molar-refractivity contribution >= 4 is 15.7 Å². The quantitative estimate of drug-likeness (QED) is 0.784. The van der Waals surface area contributed by atoms with Crippen molar-refractivity contribution in [2.75, 3.05) is 12.8 Å². The van der Waals surface area contributed by atoms with Gasteiger partial charge in [0.15, 0.2) is 9.84 Å². The predicted molar refractivity (Wildman–Crippen MR) is 76.5 cm³/mol. The van der Waals surface area contributed by atoms with Gasteiger partial charge in [-0.05, 0) is 18.6 Å². The van der Waals surface area contributed by atoms with Crippen molar-refractivity contribution in [3.05, 3.63) is 42.5 Å². The van der Waals surface area contributed by atoms with Gasteiger partial charge in [-0.3, -0.25) is 9.48 Å². The number of hydrogen-bond acceptors (Lipinski definition) is 5. The molecule has 1 amide bonds. The fourth-order valence-corrected chi connectivity index (χ4v) is 2.75. The summed E-state index contributed by atoms with van der Waals surface area (Å²) < 4.78 is 25.0. The molecule has 2 aromatic rings. The van der Waals surface area contributed by atoms with E-state index in [0.717, 1.165) is 6.26 Å². The van der Waals surface area contributed by atoms with Crippen LogP contribution < -0.4 is 5.32 Å². The van der Waals surface area contributed by atoms with Crippen LogP contribution in [0.1, 0.15) is 16.8 Å². The summed E-state index contributed by atoms with van der Waals surface area (Å²) in [4.78, 5) is 15.9. The Kier molecular flexibility index (Phi) is 4.69. The molecule has 0 aliphatic rings. The molecule has 21 heavy (non-hydrogen) atoms. The van der Waals surface area contributed by atoms with Crippen LogP contribution in [0.5, 0.6) is 0 Å². The van der Waals surface area contributed by atoms with E-state index < -0.39 is 15.7 Å². The maximum Gasteiger partial charge on any atom is 0.252 e. The van der Waals surface area contributed by atoms with Gasteiger partial charge in [0, 0.05) is 19.3 Å². The molecule has 112 valence electrons. The molecule has 0 spiro atoms. The summed E-state index contributed by atoms with van der Waals surface area (Å²) in [5, 5.41) is 6.66. The van der Waals surface area contributed by atoms with Crippen LogP contribution in [-0.2, 0) is 16.4 Å². The number of nitrogens with zero attached hydrogens (tertiary/aromatic N) is 3. The number of aromatic nitrogens is 3. The molecule has 8 heteroatoms. The third kappa shape index (κ3) is 4.12. The first-order valence-electron chi connectivity index (χ1n) is 6.38. The fraction of sp³-hybridized carbons (Fsp3) is 0.308. The first kappa shape index (κ1) is 15.2. The number of aryl methyl sites for hydroxylation is 1. The van der Waals surface area contributed by atoms with E-state index in [1.54, 1.807) is 23.1 Å². The molecule has 0 unspecified atom stereocenters. The van der Waals surface area contributed by atoms with Crippen molar-refractivity contribution in [3.8, 4) is 0 Å². The van der Waals surface area contributed by atoms with Crippen molar-refractivity contribution in [3.63, 3.8) is 0 Å². The number of sulfone groups is 1. The summed E-state index contributed by atoms with van der Waals surface area (Å²) >= 11 is 0. The molecule has 0 aliphatic heterocycles. The van der Waals surface area contributed by atoms with Crippen LogP contribution in [-0.4, -0.2) is 41.9 Å². The van der Waals surface area contributed by atoms with Crippen LogP contribution in [0.25, 0.3) is 0 Å². The van der Waals surface area contributed by atoms with Gasteiger partial charge in [0.25, 0.3) is 5.91 Å². The largest absolute Gasteiger partial charge is 0.352 e. The van der Waals surface area contributed by atoms with Crippen molar-refractivity contribution in [1.82, 2.24) is 20.1 Å². The molecule has 0 saturated carbocycles. The maximum absolute atomic E-state index is 12.1. The lowest BCUT2D eigenvalue weighted by atomic mass is 10.2. The second kappa shape index (κ2) is 6.49. The Morgan fingerprint density at radius 1 is 1.33 bits per heavy atom. The minimum Gasteiger partial charge on any atom is -0.352 e. The van der Waals surface area contributed by atoms with Crippen LogP contribution in [0.4, 0.5) is 0 Å². The third-order valence-electron chi connectivity index (χ3n) is 2.85. The zero-order chi connectivity index (χ0) is 15.3. The highest BCUT2D eigenvalue weighted by molar-refractivity contribution is 7.90. The molecule has 1 N–H and O–H groups in total. The van der Waals surface area contributed by atoms with Crippen molar-refractivity contribution in [1.29, 1.82) is 0 Å². The average molecular weight is 308 g/mol. The van der Waals surface area contributed by atoms with Gasteiger partial charge in [-0.15, -0.1) is 0 Å². The van der Waals surface area contributed by atoms with Crippen LogP contribution in [0.2, 0.25) is 0 Å². The zero-order valence-electron chi connectivity index (χ0n) is 11.6. The van der Waals surface area contributed by atoms with Crippen LogP contribution in [0.15, 0.2) is 41.8 Å². The van der Waals surface area contributed by atoms with Gasteiger partial charge in [0.1, 0.15) is 12.7 Å².